The predicted molar refractivity (Wildman–Crippen MR) is 61.9 cm³/mol. The number of hydrogen-bond donors (Lipinski definition) is 1. The zero-order valence-corrected chi connectivity index (χ0v) is 9.61. The van der Waals surface area contributed by atoms with Crippen LogP contribution in [0.15, 0.2) is 18.3 Å². The summed E-state index contributed by atoms with van der Waals surface area (Å²) in [7, 11) is 0. The summed E-state index contributed by atoms with van der Waals surface area (Å²) in [5.74, 6) is 0. The van der Waals surface area contributed by atoms with Gasteiger partial charge in [-0.25, -0.2) is 4.98 Å². The van der Waals surface area contributed by atoms with E-state index in [9.17, 15) is 0 Å². The molecular formula is C11H13ClN4. The summed E-state index contributed by atoms with van der Waals surface area (Å²) in [5.41, 5.74) is 0.978. The largest absolute Gasteiger partial charge is 0.313 e. The summed E-state index contributed by atoms with van der Waals surface area (Å²) in [6, 6.07) is 6.03. The Morgan fingerprint density at radius 1 is 1.69 bits per heavy atom. The SMILES string of the molecule is N#CC1CNCCN1Cc1cccnc1Cl. The Bertz CT molecular complexity index is 401. The van der Waals surface area contributed by atoms with Gasteiger partial charge in [-0.1, -0.05) is 17.7 Å². The smallest absolute Gasteiger partial charge is 0.133 e. The number of piperazine rings is 1. The topological polar surface area (TPSA) is 52.0 Å². The van der Waals surface area contributed by atoms with E-state index in [1.54, 1.807) is 6.20 Å². The monoisotopic (exact) mass is 236 g/mol. The van der Waals surface area contributed by atoms with Crippen LogP contribution in [0.1, 0.15) is 5.56 Å². The van der Waals surface area contributed by atoms with Crippen molar-refractivity contribution in [1.29, 1.82) is 5.26 Å². The zero-order valence-electron chi connectivity index (χ0n) is 8.86. The maximum atomic E-state index is 9.03. The van der Waals surface area contributed by atoms with Gasteiger partial charge < -0.3 is 5.32 Å². The van der Waals surface area contributed by atoms with E-state index in [4.69, 9.17) is 16.9 Å². The van der Waals surface area contributed by atoms with E-state index in [2.05, 4.69) is 21.3 Å². The van der Waals surface area contributed by atoms with E-state index in [0.717, 1.165) is 18.7 Å². The highest BCUT2D eigenvalue weighted by Crippen LogP contribution is 2.16. The van der Waals surface area contributed by atoms with Crippen molar-refractivity contribution in [3.63, 3.8) is 0 Å². The average Bonchev–Trinajstić information content (AvgIpc) is 2.33. The van der Waals surface area contributed by atoms with Crippen molar-refractivity contribution in [2.24, 2.45) is 0 Å². The van der Waals surface area contributed by atoms with E-state index in [-0.39, 0.29) is 6.04 Å². The molecule has 0 spiro atoms. The van der Waals surface area contributed by atoms with Crippen LogP contribution in [0.25, 0.3) is 0 Å². The fraction of sp³-hybridized carbons (Fsp3) is 0.455. The van der Waals surface area contributed by atoms with Gasteiger partial charge in [0.25, 0.3) is 0 Å². The Balaban J connectivity index is 2.09. The van der Waals surface area contributed by atoms with Gasteiger partial charge in [0.05, 0.1) is 6.07 Å². The summed E-state index contributed by atoms with van der Waals surface area (Å²) in [6.07, 6.45) is 1.67. The molecule has 1 unspecified atom stereocenters. The van der Waals surface area contributed by atoms with Crippen LogP contribution >= 0.6 is 11.6 Å². The highest BCUT2D eigenvalue weighted by atomic mass is 35.5. The van der Waals surface area contributed by atoms with Gasteiger partial charge in [0.2, 0.25) is 0 Å². The minimum absolute atomic E-state index is 0.0787. The number of nitriles is 1. The second-order valence-corrected chi connectivity index (χ2v) is 4.13. The summed E-state index contributed by atoms with van der Waals surface area (Å²) in [6.45, 7) is 3.18. The van der Waals surface area contributed by atoms with E-state index in [1.807, 2.05) is 12.1 Å². The lowest BCUT2D eigenvalue weighted by molar-refractivity contribution is 0.189. The molecule has 2 rings (SSSR count). The van der Waals surface area contributed by atoms with Crippen LogP contribution in [-0.4, -0.2) is 35.6 Å². The van der Waals surface area contributed by atoms with Crippen LogP contribution in [0.4, 0.5) is 0 Å². The molecule has 1 saturated heterocycles. The number of hydrogen-bond acceptors (Lipinski definition) is 4. The van der Waals surface area contributed by atoms with Crippen LogP contribution in [0, 0.1) is 11.3 Å². The third-order valence-electron chi connectivity index (χ3n) is 2.71. The van der Waals surface area contributed by atoms with Crippen molar-refractivity contribution < 1.29 is 0 Å². The van der Waals surface area contributed by atoms with Gasteiger partial charge >= 0.3 is 0 Å². The predicted octanol–water partition coefficient (Wildman–Crippen LogP) is 1.03. The van der Waals surface area contributed by atoms with Crippen LogP contribution in [0.5, 0.6) is 0 Å². The van der Waals surface area contributed by atoms with Crippen LogP contribution in [0.3, 0.4) is 0 Å². The second kappa shape index (κ2) is 5.26. The maximum Gasteiger partial charge on any atom is 0.133 e. The molecule has 0 amide bonds. The standard InChI is InChI=1S/C11H13ClN4/c12-11-9(2-1-3-15-11)8-16-5-4-14-7-10(16)6-13/h1-3,10,14H,4-5,7-8H2. The van der Waals surface area contributed by atoms with Gasteiger partial charge in [-0.3, -0.25) is 4.90 Å². The minimum atomic E-state index is -0.0787. The second-order valence-electron chi connectivity index (χ2n) is 3.77. The third kappa shape index (κ3) is 2.50. The molecule has 0 saturated carbocycles. The fourth-order valence-electron chi connectivity index (χ4n) is 1.82. The molecule has 84 valence electrons. The molecular weight excluding hydrogens is 224 g/mol. The van der Waals surface area contributed by atoms with Crippen molar-refractivity contribution in [2.45, 2.75) is 12.6 Å². The molecule has 1 fully saturated rings. The Kier molecular flexibility index (Phi) is 3.73. The molecule has 1 aliphatic rings. The van der Waals surface area contributed by atoms with Crippen LogP contribution in [-0.2, 0) is 6.54 Å². The lowest BCUT2D eigenvalue weighted by atomic mass is 10.1. The van der Waals surface area contributed by atoms with E-state index in [0.29, 0.717) is 18.2 Å². The summed E-state index contributed by atoms with van der Waals surface area (Å²) in [4.78, 5) is 6.16. The molecule has 1 aliphatic heterocycles. The summed E-state index contributed by atoms with van der Waals surface area (Å²) < 4.78 is 0. The van der Waals surface area contributed by atoms with Gasteiger partial charge in [-0.15, -0.1) is 0 Å². The van der Waals surface area contributed by atoms with Gasteiger partial charge in [0, 0.05) is 37.9 Å². The van der Waals surface area contributed by atoms with Gasteiger partial charge in [0.1, 0.15) is 11.2 Å². The molecule has 1 aromatic rings. The Labute approximate surface area is 99.8 Å². The first-order valence-electron chi connectivity index (χ1n) is 5.25. The molecule has 0 aliphatic carbocycles. The number of rotatable bonds is 2. The van der Waals surface area contributed by atoms with Crippen molar-refractivity contribution >= 4 is 11.6 Å². The van der Waals surface area contributed by atoms with Crippen molar-refractivity contribution in [2.75, 3.05) is 19.6 Å². The van der Waals surface area contributed by atoms with Crippen molar-refractivity contribution in [3.8, 4) is 6.07 Å². The highest BCUT2D eigenvalue weighted by Gasteiger charge is 2.22. The summed E-state index contributed by atoms with van der Waals surface area (Å²) in [5, 5.41) is 12.8. The first-order valence-corrected chi connectivity index (χ1v) is 5.63. The van der Waals surface area contributed by atoms with E-state index >= 15 is 0 Å². The van der Waals surface area contributed by atoms with Crippen LogP contribution < -0.4 is 5.32 Å². The molecule has 4 nitrogen and oxygen atoms in total. The molecule has 1 atom stereocenters. The quantitative estimate of drug-likeness (QED) is 0.780. The van der Waals surface area contributed by atoms with Crippen molar-refractivity contribution in [1.82, 2.24) is 15.2 Å². The highest BCUT2D eigenvalue weighted by molar-refractivity contribution is 6.30. The third-order valence-corrected chi connectivity index (χ3v) is 3.05. The van der Waals surface area contributed by atoms with Crippen molar-refractivity contribution in [3.05, 3.63) is 29.0 Å². The fourth-order valence-corrected chi connectivity index (χ4v) is 2.00. The lowest BCUT2D eigenvalue weighted by Crippen LogP contribution is -2.50. The van der Waals surface area contributed by atoms with Gasteiger partial charge in [-0.2, -0.15) is 5.26 Å². The number of nitrogens with zero attached hydrogens (tertiary/aromatic N) is 3. The normalized spacial score (nSPS) is 21.6. The molecule has 16 heavy (non-hydrogen) atoms. The maximum absolute atomic E-state index is 9.03. The van der Waals surface area contributed by atoms with E-state index in [1.165, 1.54) is 0 Å². The Hall–Kier alpha value is -1.15. The van der Waals surface area contributed by atoms with Gasteiger partial charge in [-0.05, 0) is 6.07 Å². The molecule has 2 heterocycles. The first-order chi connectivity index (χ1) is 7.81. The minimum Gasteiger partial charge on any atom is -0.313 e. The number of aromatic nitrogens is 1. The molecule has 1 aromatic heterocycles. The zero-order chi connectivity index (χ0) is 11.4. The Morgan fingerprint density at radius 3 is 3.31 bits per heavy atom. The van der Waals surface area contributed by atoms with E-state index < -0.39 is 0 Å². The summed E-state index contributed by atoms with van der Waals surface area (Å²) >= 11 is 6.00. The number of nitrogens with one attached hydrogen (secondary N) is 1. The average molecular weight is 237 g/mol. The number of pyridine rings is 1. The Morgan fingerprint density at radius 2 is 2.56 bits per heavy atom. The molecule has 0 radical (unpaired) electrons. The molecule has 0 aromatic carbocycles. The van der Waals surface area contributed by atoms with Crippen LogP contribution in [0.2, 0.25) is 5.15 Å². The molecule has 0 bridgehead atoms. The molecule has 1 N–H and O–H groups in total. The lowest BCUT2D eigenvalue weighted by Gasteiger charge is -2.31. The first kappa shape index (κ1) is 11.3. The number of halogens is 1. The molecule has 5 heteroatoms. The van der Waals surface area contributed by atoms with Gasteiger partial charge in [0.15, 0.2) is 0 Å².